The van der Waals surface area contributed by atoms with Crippen molar-refractivity contribution in [2.24, 2.45) is 0 Å². The predicted molar refractivity (Wildman–Crippen MR) is 49.9 cm³/mol. The van der Waals surface area contributed by atoms with Crippen LogP contribution in [0.3, 0.4) is 0 Å². The zero-order chi connectivity index (χ0) is 9.97. The van der Waals surface area contributed by atoms with Gasteiger partial charge in [-0.05, 0) is 6.07 Å². The molecule has 2 rings (SSSR count). The third kappa shape index (κ3) is 1.42. The van der Waals surface area contributed by atoms with Crippen LogP contribution < -0.4 is 5.73 Å². The van der Waals surface area contributed by atoms with Crippen molar-refractivity contribution >= 4 is 5.82 Å². The molecule has 6 nitrogen and oxygen atoms in total. The van der Waals surface area contributed by atoms with E-state index in [1.54, 1.807) is 18.5 Å². The average Bonchev–Trinajstić information content (AvgIpc) is 2.70. The number of nitrogens with two attached hydrogens (primary N) is 1. The maximum Gasteiger partial charge on any atom is 0.146 e. The Bertz CT molecular complexity index is 425. The van der Waals surface area contributed by atoms with Crippen LogP contribution in [0.15, 0.2) is 18.5 Å². The van der Waals surface area contributed by atoms with Gasteiger partial charge in [-0.3, -0.25) is 5.10 Å². The van der Waals surface area contributed by atoms with Crippen LogP contribution in [0.4, 0.5) is 5.82 Å². The summed E-state index contributed by atoms with van der Waals surface area (Å²) in [5.74, 6) is 0.293. The van der Waals surface area contributed by atoms with Gasteiger partial charge in [-0.2, -0.15) is 5.10 Å². The summed E-state index contributed by atoms with van der Waals surface area (Å²) < 4.78 is 0. The number of aliphatic hydroxyl groups excluding tert-OH is 1. The van der Waals surface area contributed by atoms with Gasteiger partial charge in [-0.15, -0.1) is 10.2 Å². The van der Waals surface area contributed by atoms with E-state index in [0.29, 0.717) is 17.1 Å². The second-order valence-corrected chi connectivity index (χ2v) is 2.79. The van der Waals surface area contributed by atoms with Crippen molar-refractivity contribution in [1.82, 2.24) is 20.4 Å². The molecule has 0 saturated heterocycles. The number of H-pyrrole nitrogens is 1. The summed E-state index contributed by atoms with van der Waals surface area (Å²) >= 11 is 0. The van der Waals surface area contributed by atoms with Gasteiger partial charge in [0, 0.05) is 17.3 Å². The molecule has 6 heteroatoms. The normalized spacial score (nSPS) is 10.4. The largest absolute Gasteiger partial charge is 0.392 e. The Morgan fingerprint density at radius 3 is 2.93 bits per heavy atom. The minimum atomic E-state index is -0.125. The molecule has 0 aliphatic heterocycles. The van der Waals surface area contributed by atoms with Gasteiger partial charge >= 0.3 is 0 Å². The summed E-state index contributed by atoms with van der Waals surface area (Å²) in [6.45, 7) is -0.125. The number of hydrogen-bond donors (Lipinski definition) is 3. The van der Waals surface area contributed by atoms with E-state index < -0.39 is 0 Å². The lowest BCUT2D eigenvalue weighted by atomic mass is 10.1. The van der Waals surface area contributed by atoms with Crippen LogP contribution >= 0.6 is 0 Å². The lowest BCUT2D eigenvalue weighted by molar-refractivity contribution is 0.282. The molecule has 0 aliphatic carbocycles. The van der Waals surface area contributed by atoms with Crippen LogP contribution in [0, 0.1) is 0 Å². The number of nitrogens with zero attached hydrogens (tertiary/aromatic N) is 3. The van der Waals surface area contributed by atoms with Crippen molar-refractivity contribution in [2.45, 2.75) is 6.61 Å². The summed E-state index contributed by atoms with van der Waals surface area (Å²) in [4.78, 5) is 0. The monoisotopic (exact) mass is 191 g/mol. The molecule has 0 unspecified atom stereocenters. The number of aromatic nitrogens is 4. The Morgan fingerprint density at radius 1 is 1.43 bits per heavy atom. The molecule has 0 radical (unpaired) electrons. The van der Waals surface area contributed by atoms with Gasteiger partial charge in [0.2, 0.25) is 0 Å². The van der Waals surface area contributed by atoms with Crippen molar-refractivity contribution < 1.29 is 5.11 Å². The highest BCUT2D eigenvalue weighted by atomic mass is 16.3. The summed E-state index contributed by atoms with van der Waals surface area (Å²) in [6.07, 6.45) is 3.29. The maximum absolute atomic E-state index is 9.09. The first kappa shape index (κ1) is 8.64. The molecule has 2 aromatic heterocycles. The Labute approximate surface area is 79.8 Å². The number of aliphatic hydroxyl groups is 1. The number of nitrogens with one attached hydrogen (secondary N) is 1. The van der Waals surface area contributed by atoms with E-state index in [0.717, 1.165) is 5.56 Å². The summed E-state index contributed by atoms with van der Waals surface area (Å²) in [7, 11) is 0. The zero-order valence-corrected chi connectivity index (χ0v) is 7.31. The van der Waals surface area contributed by atoms with E-state index >= 15 is 0 Å². The van der Waals surface area contributed by atoms with E-state index in [2.05, 4.69) is 20.4 Å². The molecule has 0 aliphatic rings. The van der Waals surface area contributed by atoms with E-state index in [1.807, 2.05) is 0 Å². The standard InChI is InChI=1S/C8H9N5O/c9-7-1-5(4-14)8(13-12-7)6-2-10-11-3-6/h1-3,14H,4H2,(H2,9,12)(H,10,11). The first-order valence-electron chi connectivity index (χ1n) is 4.03. The average molecular weight is 191 g/mol. The third-order valence-electron chi connectivity index (χ3n) is 1.83. The molecular formula is C8H9N5O. The van der Waals surface area contributed by atoms with Crippen molar-refractivity contribution in [3.63, 3.8) is 0 Å². The molecule has 0 aromatic carbocycles. The van der Waals surface area contributed by atoms with Gasteiger partial charge < -0.3 is 10.8 Å². The Morgan fingerprint density at radius 2 is 2.29 bits per heavy atom. The fourth-order valence-corrected chi connectivity index (χ4v) is 1.19. The summed E-state index contributed by atoms with van der Waals surface area (Å²) in [5.41, 5.74) is 7.46. The van der Waals surface area contributed by atoms with Crippen molar-refractivity contribution in [3.8, 4) is 11.3 Å². The van der Waals surface area contributed by atoms with E-state index in [-0.39, 0.29) is 6.61 Å². The lowest BCUT2D eigenvalue weighted by Crippen LogP contribution is -1.99. The third-order valence-corrected chi connectivity index (χ3v) is 1.83. The molecule has 2 aromatic rings. The van der Waals surface area contributed by atoms with Crippen LogP contribution in [0.25, 0.3) is 11.3 Å². The SMILES string of the molecule is Nc1cc(CO)c(-c2cn[nH]c2)nn1. The summed E-state index contributed by atoms with van der Waals surface area (Å²) in [6, 6.07) is 1.59. The van der Waals surface area contributed by atoms with E-state index in [1.165, 1.54) is 0 Å². The maximum atomic E-state index is 9.09. The van der Waals surface area contributed by atoms with Gasteiger partial charge in [0.25, 0.3) is 0 Å². The molecule has 4 N–H and O–H groups in total. The van der Waals surface area contributed by atoms with Crippen molar-refractivity contribution in [1.29, 1.82) is 0 Å². The molecular weight excluding hydrogens is 182 g/mol. The predicted octanol–water partition coefficient (Wildman–Crippen LogP) is -0.0588. The molecule has 2 heterocycles. The van der Waals surface area contributed by atoms with Gasteiger partial charge in [0.15, 0.2) is 0 Å². The van der Waals surface area contributed by atoms with Crippen LogP contribution in [0.5, 0.6) is 0 Å². The van der Waals surface area contributed by atoms with E-state index in [9.17, 15) is 0 Å². The van der Waals surface area contributed by atoms with E-state index in [4.69, 9.17) is 10.8 Å². The fourth-order valence-electron chi connectivity index (χ4n) is 1.19. The lowest BCUT2D eigenvalue weighted by Gasteiger charge is -2.02. The smallest absolute Gasteiger partial charge is 0.146 e. The van der Waals surface area contributed by atoms with Gasteiger partial charge in [-0.1, -0.05) is 0 Å². The van der Waals surface area contributed by atoms with Crippen molar-refractivity contribution in [2.75, 3.05) is 5.73 Å². The number of hydrogen-bond acceptors (Lipinski definition) is 5. The minimum Gasteiger partial charge on any atom is -0.392 e. The molecule has 0 bridgehead atoms. The fraction of sp³-hybridized carbons (Fsp3) is 0.125. The Hall–Kier alpha value is -1.95. The highest BCUT2D eigenvalue weighted by Gasteiger charge is 2.08. The number of aromatic amines is 1. The highest BCUT2D eigenvalue weighted by molar-refractivity contribution is 5.61. The van der Waals surface area contributed by atoms with Crippen LogP contribution in [-0.2, 0) is 6.61 Å². The first-order valence-corrected chi connectivity index (χ1v) is 4.03. The molecule has 0 atom stereocenters. The number of anilines is 1. The first-order chi connectivity index (χ1) is 6.81. The molecule has 0 fully saturated rings. The van der Waals surface area contributed by atoms with Crippen LogP contribution in [0.1, 0.15) is 5.56 Å². The number of nitrogen functional groups attached to an aromatic ring is 1. The topological polar surface area (TPSA) is 101 Å². The quantitative estimate of drug-likeness (QED) is 0.617. The second-order valence-electron chi connectivity index (χ2n) is 2.79. The van der Waals surface area contributed by atoms with Crippen LogP contribution in [-0.4, -0.2) is 25.5 Å². The van der Waals surface area contributed by atoms with Gasteiger partial charge in [0.05, 0.1) is 12.8 Å². The summed E-state index contributed by atoms with van der Waals surface area (Å²) in [5, 5.41) is 23.2. The molecule has 14 heavy (non-hydrogen) atoms. The van der Waals surface area contributed by atoms with Crippen LogP contribution in [0.2, 0.25) is 0 Å². The second kappa shape index (κ2) is 3.43. The van der Waals surface area contributed by atoms with Crippen molar-refractivity contribution in [3.05, 3.63) is 24.0 Å². The minimum absolute atomic E-state index is 0.125. The highest BCUT2D eigenvalue weighted by Crippen LogP contribution is 2.20. The molecule has 72 valence electrons. The van der Waals surface area contributed by atoms with Gasteiger partial charge in [0.1, 0.15) is 11.5 Å². The molecule has 0 spiro atoms. The molecule has 0 saturated carbocycles. The Balaban J connectivity index is 2.53. The molecule has 0 amide bonds. The number of rotatable bonds is 2. The zero-order valence-electron chi connectivity index (χ0n) is 7.31. The van der Waals surface area contributed by atoms with Gasteiger partial charge in [-0.25, -0.2) is 0 Å². The Kier molecular flexibility index (Phi) is 2.11.